The number of hydrogen-bond donors (Lipinski definition) is 1. The van der Waals surface area contributed by atoms with E-state index in [9.17, 15) is 8.42 Å². The lowest BCUT2D eigenvalue weighted by molar-refractivity contribution is 0.587. The maximum absolute atomic E-state index is 11.0. The van der Waals surface area contributed by atoms with Crippen LogP contribution in [0.1, 0.15) is 24.4 Å². The molecule has 2 N–H and O–H groups in total. The van der Waals surface area contributed by atoms with Crippen LogP contribution >= 0.6 is 38.5 Å². The molecule has 0 heterocycles. The fourth-order valence-electron chi connectivity index (χ4n) is 1.52. The van der Waals surface area contributed by atoms with Gasteiger partial charge in [-0.25, -0.2) is 8.42 Å². The van der Waals surface area contributed by atoms with E-state index in [1.54, 1.807) is 0 Å². The largest absolute Gasteiger partial charge is 0.324 e. The van der Waals surface area contributed by atoms with Gasteiger partial charge in [0.2, 0.25) is 0 Å². The zero-order chi connectivity index (χ0) is 13.1. The summed E-state index contributed by atoms with van der Waals surface area (Å²) in [6.45, 7) is 0. The Kier molecular flexibility index (Phi) is 5.88. The summed E-state index contributed by atoms with van der Waals surface area (Å²) in [4.78, 5) is 0. The average molecular weight is 432 g/mol. The molecule has 3 nitrogen and oxygen atoms in total. The molecule has 1 atom stereocenters. The van der Waals surface area contributed by atoms with Crippen molar-refractivity contribution in [3.8, 4) is 0 Å². The molecule has 0 aliphatic heterocycles. The van der Waals surface area contributed by atoms with Crippen LogP contribution in [0.3, 0.4) is 0 Å². The Labute approximate surface area is 124 Å². The second kappa shape index (κ2) is 6.49. The SMILES string of the molecule is CS(=O)(=O)CCCC(N)c1cc(Br)ccc1I. The Morgan fingerprint density at radius 2 is 2.12 bits per heavy atom. The van der Waals surface area contributed by atoms with Crippen molar-refractivity contribution in [1.82, 2.24) is 0 Å². The molecule has 0 saturated heterocycles. The predicted molar refractivity (Wildman–Crippen MR) is 82.7 cm³/mol. The quantitative estimate of drug-likeness (QED) is 0.729. The third-order valence-electron chi connectivity index (χ3n) is 2.39. The molecule has 0 aliphatic rings. The molecule has 0 saturated carbocycles. The molecule has 96 valence electrons. The molecule has 0 aromatic heterocycles. The number of nitrogens with two attached hydrogens (primary N) is 1. The summed E-state index contributed by atoms with van der Waals surface area (Å²) >= 11 is 5.65. The van der Waals surface area contributed by atoms with Gasteiger partial charge in [0, 0.05) is 26.1 Å². The molecular formula is C11H15BrINO2S. The first-order valence-corrected chi connectivity index (χ1v) is 9.11. The van der Waals surface area contributed by atoms with E-state index < -0.39 is 9.84 Å². The average Bonchev–Trinajstić information content (AvgIpc) is 2.19. The molecule has 0 amide bonds. The van der Waals surface area contributed by atoms with E-state index in [2.05, 4.69) is 38.5 Å². The highest BCUT2D eigenvalue weighted by molar-refractivity contribution is 14.1. The van der Waals surface area contributed by atoms with Crippen molar-refractivity contribution < 1.29 is 8.42 Å². The first-order valence-electron chi connectivity index (χ1n) is 5.18. The van der Waals surface area contributed by atoms with Crippen LogP contribution in [0.4, 0.5) is 0 Å². The van der Waals surface area contributed by atoms with Crippen molar-refractivity contribution in [2.75, 3.05) is 12.0 Å². The standard InChI is InChI=1S/C11H15BrINO2S/c1-17(15,16)6-2-3-11(14)9-7-8(12)4-5-10(9)13/h4-5,7,11H,2-3,6,14H2,1H3. The topological polar surface area (TPSA) is 60.2 Å². The van der Waals surface area contributed by atoms with Crippen LogP contribution in [0.25, 0.3) is 0 Å². The Balaban J connectivity index is 2.64. The first-order chi connectivity index (χ1) is 7.79. The van der Waals surface area contributed by atoms with E-state index in [0.717, 1.165) is 13.6 Å². The van der Waals surface area contributed by atoms with E-state index in [-0.39, 0.29) is 11.8 Å². The van der Waals surface area contributed by atoms with Crippen LogP contribution in [-0.2, 0) is 9.84 Å². The second-order valence-electron chi connectivity index (χ2n) is 4.04. The lowest BCUT2D eigenvalue weighted by Gasteiger charge is -2.14. The predicted octanol–water partition coefficient (Wildman–Crippen LogP) is 2.88. The molecule has 6 heteroatoms. The minimum Gasteiger partial charge on any atom is -0.324 e. The minimum atomic E-state index is -2.89. The molecule has 0 spiro atoms. The van der Waals surface area contributed by atoms with E-state index in [0.29, 0.717) is 12.8 Å². The lowest BCUT2D eigenvalue weighted by Crippen LogP contribution is -2.14. The highest BCUT2D eigenvalue weighted by Crippen LogP contribution is 2.25. The molecule has 1 aromatic carbocycles. The van der Waals surface area contributed by atoms with Gasteiger partial charge in [-0.15, -0.1) is 0 Å². The summed E-state index contributed by atoms with van der Waals surface area (Å²) in [6, 6.07) is 5.85. The van der Waals surface area contributed by atoms with Crippen LogP contribution in [-0.4, -0.2) is 20.4 Å². The molecule has 0 radical (unpaired) electrons. The first kappa shape index (κ1) is 15.4. The fraction of sp³-hybridized carbons (Fsp3) is 0.455. The molecule has 0 fully saturated rings. The summed E-state index contributed by atoms with van der Waals surface area (Å²) in [7, 11) is -2.89. The van der Waals surface area contributed by atoms with Crippen molar-refractivity contribution >= 4 is 48.4 Å². The molecular weight excluding hydrogens is 417 g/mol. The summed E-state index contributed by atoms with van der Waals surface area (Å²) in [6.07, 6.45) is 2.53. The van der Waals surface area contributed by atoms with E-state index in [4.69, 9.17) is 5.73 Å². The molecule has 1 rings (SSSR count). The number of sulfone groups is 1. The zero-order valence-corrected chi connectivity index (χ0v) is 14.0. The van der Waals surface area contributed by atoms with Gasteiger partial charge in [0.05, 0.1) is 0 Å². The van der Waals surface area contributed by atoms with Gasteiger partial charge in [0.1, 0.15) is 9.84 Å². The number of benzene rings is 1. The molecule has 17 heavy (non-hydrogen) atoms. The third-order valence-corrected chi connectivity index (χ3v) is 4.89. The summed E-state index contributed by atoms with van der Waals surface area (Å²) in [5, 5.41) is 0. The van der Waals surface area contributed by atoms with Gasteiger partial charge >= 0.3 is 0 Å². The highest BCUT2D eigenvalue weighted by Gasteiger charge is 2.11. The van der Waals surface area contributed by atoms with Gasteiger partial charge < -0.3 is 5.73 Å². The van der Waals surface area contributed by atoms with Crippen molar-refractivity contribution in [2.45, 2.75) is 18.9 Å². The summed E-state index contributed by atoms with van der Waals surface area (Å²) in [5.74, 6) is 0.200. The van der Waals surface area contributed by atoms with Crippen LogP contribution < -0.4 is 5.73 Å². The lowest BCUT2D eigenvalue weighted by atomic mass is 10.0. The van der Waals surface area contributed by atoms with Crippen LogP contribution in [0.2, 0.25) is 0 Å². The Morgan fingerprint density at radius 3 is 2.71 bits per heavy atom. The molecule has 1 aromatic rings. The van der Waals surface area contributed by atoms with Gasteiger partial charge in [0.15, 0.2) is 0 Å². The number of hydrogen-bond acceptors (Lipinski definition) is 3. The van der Waals surface area contributed by atoms with Crippen LogP contribution in [0, 0.1) is 3.57 Å². The second-order valence-corrected chi connectivity index (χ2v) is 8.38. The van der Waals surface area contributed by atoms with E-state index in [1.165, 1.54) is 6.26 Å². The van der Waals surface area contributed by atoms with E-state index >= 15 is 0 Å². The Morgan fingerprint density at radius 1 is 1.47 bits per heavy atom. The fourth-order valence-corrected chi connectivity index (χ4v) is 3.33. The maximum Gasteiger partial charge on any atom is 0.147 e. The van der Waals surface area contributed by atoms with Gasteiger partial charge in [0.25, 0.3) is 0 Å². The van der Waals surface area contributed by atoms with Crippen molar-refractivity contribution in [3.05, 3.63) is 31.8 Å². The van der Waals surface area contributed by atoms with Crippen molar-refractivity contribution in [2.24, 2.45) is 5.73 Å². The van der Waals surface area contributed by atoms with Crippen molar-refractivity contribution in [1.29, 1.82) is 0 Å². The summed E-state index contributed by atoms with van der Waals surface area (Å²) in [5.41, 5.74) is 7.14. The van der Waals surface area contributed by atoms with Crippen molar-refractivity contribution in [3.63, 3.8) is 0 Å². The maximum atomic E-state index is 11.0. The van der Waals surface area contributed by atoms with Gasteiger partial charge in [-0.3, -0.25) is 0 Å². The van der Waals surface area contributed by atoms with Gasteiger partial charge in [-0.2, -0.15) is 0 Å². The molecule has 0 bridgehead atoms. The number of halogens is 2. The zero-order valence-electron chi connectivity index (χ0n) is 9.49. The normalized spacial score (nSPS) is 13.6. The highest BCUT2D eigenvalue weighted by atomic mass is 127. The minimum absolute atomic E-state index is 0.110. The monoisotopic (exact) mass is 431 g/mol. The van der Waals surface area contributed by atoms with Gasteiger partial charge in [-0.1, -0.05) is 15.9 Å². The molecule has 0 aliphatic carbocycles. The van der Waals surface area contributed by atoms with Crippen LogP contribution in [0.15, 0.2) is 22.7 Å². The van der Waals surface area contributed by atoms with E-state index in [1.807, 2.05) is 18.2 Å². The summed E-state index contributed by atoms with van der Waals surface area (Å²) < 4.78 is 24.1. The van der Waals surface area contributed by atoms with Gasteiger partial charge in [-0.05, 0) is 59.2 Å². The third kappa shape index (κ3) is 5.67. The Hall–Kier alpha value is 0.340. The Bertz CT molecular complexity index is 490. The molecule has 1 unspecified atom stereocenters. The van der Waals surface area contributed by atoms with Crippen LogP contribution in [0.5, 0.6) is 0 Å². The smallest absolute Gasteiger partial charge is 0.147 e. The number of rotatable bonds is 5.